The van der Waals surface area contributed by atoms with Gasteiger partial charge in [-0.05, 0) is 49.9 Å². The third-order valence-corrected chi connectivity index (χ3v) is 3.18. The molecule has 4 heteroatoms. The molecule has 1 aromatic rings. The summed E-state index contributed by atoms with van der Waals surface area (Å²) in [7, 11) is 0. The Morgan fingerprint density at radius 3 is 2.18 bits per heavy atom. The summed E-state index contributed by atoms with van der Waals surface area (Å²) in [4.78, 5) is 10.7. The van der Waals surface area contributed by atoms with Gasteiger partial charge < -0.3 is 16.2 Å². The molecule has 1 aromatic carbocycles. The van der Waals surface area contributed by atoms with Crippen molar-refractivity contribution in [1.82, 2.24) is 0 Å². The third kappa shape index (κ3) is 2.97. The minimum atomic E-state index is -0.989. The molecule has 4 N–H and O–H groups in total. The van der Waals surface area contributed by atoms with E-state index >= 15 is 0 Å². The topological polar surface area (TPSA) is 75.3 Å². The number of benzene rings is 1. The average Bonchev–Trinajstić information content (AvgIpc) is 2.26. The molecular formula is C13H20N2O2. The van der Waals surface area contributed by atoms with Crippen molar-refractivity contribution in [3.05, 3.63) is 28.3 Å². The minimum absolute atomic E-state index is 0.236. The quantitative estimate of drug-likeness (QED) is 0.744. The molecule has 0 bridgehead atoms. The largest absolute Gasteiger partial charge is 0.480 e. The number of rotatable bonds is 4. The van der Waals surface area contributed by atoms with E-state index in [2.05, 4.69) is 11.4 Å². The normalized spacial score (nSPS) is 12.3. The fourth-order valence-corrected chi connectivity index (χ4v) is 1.78. The van der Waals surface area contributed by atoms with Gasteiger partial charge in [0, 0.05) is 12.2 Å². The minimum Gasteiger partial charge on any atom is -0.480 e. The number of carbonyl (C=O) groups is 1. The summed E-state index contributed by atoms with van der Waals surface area (Å²) in [6.45, 7) is 8.38. The molecule has 0 radical (unpaired) electrons. The average molecular weight is 236 g/mol. The lowest BCUT2D eigenvalue weighted by Gasteiger charge is -2.18. The zero-order valence-electron chi connectivity index (χ0n) is 10.8. The lowest BCUT2D eigenvalue weighted by Crippen LogP contribution is -2.37. The molecule has 0 heterocycles. The van der Waals surface area contributed by atoms with Crippen molar-refractivity contribution in [2.45, 2.75) is 33.7 Å². The van der Waals surface area contributed by atoms with E-state index < -0.39 is 12.0 Å². The van der Waals surface area contributed by atoms with Gasteiger partial charge in [0.1, 0.15) is 6.04 Å². The maximum atomic E-state index is 10.7. The Hall–Kier alpha value is -1.55. The van der Waals surface area contributed by atoms with Gasteiger partial charge in [-0.15, -0.1) is 0 Å². The summed E-state index contributed by atoms with van der Waals surface area (Å²) in [6.07, 6.45) is 0. The van der Waals surface area contributed by atoms with Gasteiger partial charge in [-0.2, -0.15) is 0 Å². The number of hydrogen-bond donors (Lipinski definition) is 3. The molecule has 17 heavy (non-hydrogen) atoms. The first kappa shape index (κ1) is 13.5. The highest BCUT2D eigenvalue weighted by Gasteiger charge is 2.13. The molecule has 0 fully saturated rings. The highest BCUT2D eigenvalue weighted by atomic mass is 16.4. The lowest BCUT2D eigenvalue weighted by atomic mass is 9.98. The van der Waals surface area contributed by atoms with Crippen molar-refractivity contribution in [3.8, 4) is 0 Å². The fourth-order valence-electron chi connectivity index (χ4n) is 1.78. The maximum absolute atomic E-state index is 10.7. The fraction of sp³-hybridized carbons (Fsp3) is 0.462. The van der Waals surface area contributed by atoms with Crippen molar-refractivity contribution >= 4 is 11.7 Å². The summed E-state index contributed by atoms with van der Waals surface area (Å²) in [5.41, 5.74) is 11.2. The summed E-state index contributed by atoms with van der Waals surface area (Å²) in [5, 5.41) is 11.9. The van der Waals surface area contributed by atoms with Gasteiger partial charge >= 0.3 is 5.97 Å². The summed E-state index contributed by atoms with van der Waals surface area (Å²) >= 11 is 0. The van der Waals surface area contributed by atoms with Crippen molar-refractivity contribution in [2.24, 2.45) is 5.73 Å². The monoisotopic (exact) mass is 236 g/mol. The van der Waals surface area contributed by atoms with Crippen molar-refractivity contribution in [3.63, 3.8) is 0 Å². The highest BCUT2D eigenvalue weighted by Crippen LogP contribution is 2.26. The molecule has 0 spiro atoms. The van der Waals surface area contributed by atoms with Crippen LogP contribution in [0.5, 0.6) is 0 Å². The second kappa shape index (κ2) is 5.19. The van der Waals surface area contributed by atoms with Crippen LogP contribution < -0.4 is 11.1 Å². The van der Waals surface area contributed by atoms with Crippen molar-refractivity contribution in [2.75, 3.05) is 11.9 Å². The summed E-state index contributed by atoms with van der Waals surface area (Å²) in [6, 6.07) is 1.25. The Kier molecular flexibility index (Phi) is 4.12. The van der Waals surface area contributed by atoms with Gasteiger partial charge in [0.2, 0.25) is 0 Å². The molecule has 1 atom stereocenters. The highest BCUT2D eigenvalue weighted by molar-refractivity contribution is 5.74. The number of anilines is 1. The molecule has 94 valence electrons. The molecule has 0 aliphatic rings. The Balaban J connectivity index is 2.95. The zero-order valence-corrected chi connectivity index (χ0v) is 10.8. The van der Waals surface area contributed by atoms with E-state index in [1.165, 1.54) is 11.1 Å². The van der Waals surface area contributed by atoms with E-state index in [0.717, 1.165) is 16.8 Å². The maximum Gasteiger partial charge on any atom is 0.322 e. The van der Waals surface area contributed by atoms with Crippen molar-refractivity contribution in [1.29, 1.82) is 0 Å². The first-order valence-electron chi connectivity index (χ1n) is 5.64. The number of carboxylic acids is 1. The predicted molar refractivity (Wildman–Crippen MR) is 69.5 cm³/mol. The number of nitrogens with two attached hydrogens (primary N) is 1. The third-order valence-electron chi connectivity index (χ3n) is 3.18. The Labute approximate surface area is 102 Å². The number of aryl methyl sites for hydroxylation is 2. The molecular weight excluding hydrogens is 216 g/mol. The second-order valence-electron chi connectivity index (χ2n) is 4.46. The summed E-state index contributed by atoms with van der Waals surface area (Å²) < 4.78 is 0. The second-order valence-corrected chi connectivity index (χ2v) is 4.46. The van der Waals surface area contributed by atoms with E-state index in [9.17, 15) is 4.79 Å². The van der Waals surface area contributed by atoms with E-state index in [0.29, 0.717) is 0 Å². The number of nitrogens with one attached hydrogen (secondary N) is 1. The van der Waals surface area contributed by atoms with Crippen LogP contribution in [0.4, 0.5) is 5.69 Å². The van der Waals surface area contributed by atoms with Gasteiger partial charge in [-0.25, -0.2) is 0 Å². The van der Waals surface area contributed by atoms with Crippen LogP contribution in [0.2, 0.25) is 0 Å². The smallest absolute Gasteiger partial charge is 0.322 e. The zero-order chi connectivity index (χ0) is 13.2. The molecule has 4 nitrogen and oxygen atoms in total. The molecule has 0 aliphatic heterocycles. The standard InChI is InChI=1S/C13H20N2O2/c1-7-5-8(2)10(4)12(9(7)3)15-6-11(14)13(16)17/h5,11,15H,6,14H2,1-4H3,(H,16,17). The van der Waals surface area contributed by atoms with Crippen LogP contribution in [0.15, 0.2) is 6.07 Å². The van der Waals surface area contributed by atoms with Gasteiger partial charge in [0.15, 0.2) is 0 Å². The molecule has 0 aromatic heterocycles. The molecule has 0 saturated carbocycles. The number of aliphatic carboxylic acids is 1. The van der Waals surface area contributed by atoms with Gasteiger partial charge in [0.05, 0.1) is 0 Å². The Morgan fingerprint density at radius 2 is 1.76 bits per heavy atom. The molecule has 0 aliphatic carbocycles. The van der Waals surface area contributed by atoms with Crippen LogP contribution in [-0.2, 0) is 4.79 Å². The molecule has 1 unspecified atom stereocenters. The Morgan fingerprint density at radius 1 is 1.29 bits per heavy atom. The number of carboxylic acid groups (broad SMARTS) is 1. The number of hydrogen-bond acceptors (Lipinski definition) is 3. The van der Waals surface area contributed by atoms with Gasteiger partial charge in [-0.3, -0.25) is 4.79 Å². The van der Waals surface area contributed by atoms with Gasteiger partial charge in [-0.1, -0.05) is 6.07 Å². The van der Waals surface area contributed by atoms with Crippen molar-refractivity contribution < 1.29 is 9.90 Å². The first-order valence-corrected chi connectivity index (χ1v) is 5.64. The molecule has 1 rings (SSSR count). The SMILES string of the molecule is Cc1cc(C)c(C)c(NCC(N)C(=O)O)c1C. The summed E-state index contributed by atoms with van der Waals surface area (Å²) in [5.74, 6) is -0.989. The Bertz CT molecular complexity index is 415. The predicted octanol–water partition coefficient (Wildman–Crippen LogP) is 1.74. The van der Waals surface area contributed by atoms with E-state index in [-0.39, 0.29) is 6.54 Å². The van der Waals surface area contributed by atoms with Crippen LogP contribution >= 0.6 is 0 Å². The lowest BCUT2D eigenvalue weighted by molar-refractivity contribution is -0.138. The van der Waals surface area contributed by atoms with Crippen LogP contribution in [-0.4, -0.2) is 23.7 Å². The van der Waals surface area contributed by atoms with E-state index in [1.54, 1.807) is 0 Å². The van der Waals surface area contributed by atoms with E-state index in [4.69, 9.17) is 10.8 Å². The first-order chi connectivity index (χ1) is 7.84. The molecule has 0 saturated heterocycles. The van der Waals surface area contributed by atoms with Gasteiger partial charge in [0.25, 0.3) is 0 Å². The molecule has 0 amide bonds. The van der Waals surface area contributed by atoms with Crippen LogP contribution in [0.3, 0.4) is 0 Å². The van der Waals surface area contributed by atoms with Crippen LogP contribution in [0.1, 0.15) is 22.3 Å². The van der Waals surface area contributed by atoms with Crippen LogP contribution in [0.25, 0.3) is 0 Å². The van der Waals surface area contributed by atoms with E-state index in [1.807, 2.05) is 27.7 Å². The van der Waals surface area contributed by atoms with Crippen LogP contribution in [0, 0.1) is 27.7 Å².